The minimum absolute atomic E-state index is 0.00684. The zero-order valence-electron chi connectivity index (χ0n) is 16.3. The zero-order chi connectivity index (χ0) is 19.6. The van der Waals surface area contributed by atoms with Gasteiger partial charge in [-0.3, -0.25) is 4.79 Å². The van der Waals surface area contributed by atoms with Gasteiger partial charge in [0.15, 0.2) is 0 Å². The first kappa shape index (κ1) is 17.8. The van der Waals surface area contributed by atoms with Gasteiger partial charge in [-0.05, 0) is 52.9 Å². The Bertz CT molecular complexity index is 1000. The Labute approximate surface area is 169 Å². The molecule has 1 aromatic heterocycles. The highest BCUT2D eigenvalue weighted by Gasteiger charge is 2.32. The molecule has 7 nitrogen and oxygen atoms in total. The number of carbonyl (C=O) groups is 1. The Morgan fingerprint density at radius 1 is 0.931 bits per heavy atom. The van der Waals surface area contributed by atoms with Gasteiger partial charge >= 0.3 is 0 Å². The first-order valence-corrected chi connectivity index (χ1v) is 10.3. The first-order valence-electron chi connectivity index (χ1n) is 10.3. The Kier molecular flexibility index (Phi) is 4.71. The second kappa shape index (κ2) is 7.66. The summed E-state index contributed by atoms with van der Waals surface area (Å²) >= 11 is 0. The van der Waals surface area contributed by atoms with Gasteiger partial charge in [0, 0.05) is 26.2 Å². The van der Waals surface area contributed by atoms with Crippen molar-refractivity contribution in [2.75, 3.05) is 31.1 Å². The van der Waals surface area contributed by atoms with Crippen LogP contribution >= 0.6 is 0 Å². The van der Waals surface area contributed by atoms with E-state index >= 15 is 0 Å². The Morgan fingerprint density at radius 3 is 2.66 bits per heavy atom. The number of anilines is 1. The maximum Gasteiger partial charge on any atom is 0.250 e. The molecule has 1 aliphatic heterocycles. The topological polar surface area (TPSA) is 67.2 Å². The molecule has 0 N–H and O–H groups in total. The molecule has 2 heterocycles. The van der Waals surface area contributed by atoms with Crippen LogP contribution in [0.5, 0.6) is 0 Å². The maximum atomic E-state index is 13.3. The van der Waals surface area contributed by atoms with Crippen LogP contribution in [-0.2, 0) is 11.2 Å². The summed E-state index contributed by atoms with van der Waals surface area (Å²) in [7, 11) is 0. The Morgan fingerprint density at radius 2 is 1.76 bits per heavy atom. The molecule has 29 heavy (non-hydrogen) atoms. The van der Waals surface area contributed by atoms with E-state index in [4.69, 9.17) is 0 Å². The van der Waals surface area contributed by atoms with Gasteiger partial charge in [0.2, 0.25) is 11.9 Å². The largest absolute Gasteiger partial charge is 0.340 e. The standard InChI is InChI=1S/C22H24N6O/c29-21(20-12-11-17-7-4-5-10-19(17)20)26-13-6-14-27(16-15-26)22-23-24-25-28(22)18-8-2-1-3-9-18/h1-5,7-10,20H,6,11-16H2. The smallest absolute Gasteiger partial charge is 0.250 e. The fraction of sp³-hybridized carbons (Fsp3) is 0.364. The van der Waals surface area contributed by atoms with Gasteiger partial charge in [-0.25, -0.2) is 0 Å². The summed E-state index contributed by atoms with van der Waals surface area (Å²) in [6.45, 7) is 3.03. The molecule has 2 aliphatic rings. The zero-order valence-corrected chi connectivity index (χ0v) is 16.3. The summed E-state index contributed by atoms with van der Waals surface area (Å²) in [5, 5.41) is 12.3. The number of rotatable bonds is 3. The number of tetrazole rings is 1. The van der Waals surface area contributed by atoms with E-state index in [9.17, 15) is 4.79 Å². The first-order chi connectivity index (χ1) is 14.3. The molecule has 3 aromatic rings. The quantitative estimate of drug-likeness (QED) is 0.689. The normalized spacial score (nSPS) is 19.1. The molecule has 1 unspecified atom stereocenters. The van der Waals surface area contributed by atoms with Gasteiger partial charge < -0.3 is 9.80 Å². The van der Waals surface area contributed by atoms with Crippen LogP contribution < -0.4 is 4.90 Å². The lowest BCUT2D eigenvalue weighted by Crippen LogP contribution is -2.38. The van der Waals surface area contributed by atoms with E-state index < -0.39 is 0 Å². The molecule has 7 heteroatoms. The van der Waals surface area contributed by atoms with Crippen molar-refractivity contribution < 1.29 is 4.79 Å². The van der Waals surface area contributed by atoms with E-state index in [1.165, 1.54) is 11.1 Å². The van der Waals surface area contributed by atoms with Crippen LogP contribution in [0.25, 0.3) is 5.69 Å². The molecule has 1 saturated heterocycles. The SMILES string of the molecule is O=C(C1CCc2ccccc21)N1CCCN(c2nnnn2-c2ccccc2)CC1. The lowest BCUT2D eigenvalue weighted by Gasteiger charge is -2.25. The summed E-state index contributed by atoms with van der Waals surface area (Å²) in [4.78, 5) is 17.5. The van der Waals surface area contributed by atoms with Crippen molar-refractivity contribution in [1.82, 2.24) is 25.1 Å². The number of aryl methyl sites for hydroxylation is 1. The summed E-state index contributed by atoms with van der Waals surface area (Å²) in [6.07, 6.45) is 2.82. The Balaban J connectivity index is 1.31. The van der Waals surface area contributed by atoms with Crippen molar-refractivity contribution in [3.8, 4) is 5.69 Å². The predicted molar refractivity (Wildman–Crippen MR) is 110 cm³/mol. The number of benzene rings is 2. The minimum atomic E-state index is 0.00684. The molecule has 148 valence electrons. The number of amides is 1. The molecular formula is C22H24N6O. The molecule has 0 bridgehead atoms. The number of hydrogen-bond donors (Lipinski definition) is 0. The van der Waals surface area contributed by atoms with Crippen molar-refractivity contribution in [2.45, 2.75) is 25.2 Å². The molecule has 1 atom stereocenters. The second-order valence-electron chi connectivity index (χ2n) is 7.68. The van der Waals surface area contributed by atoms with Crippen molar-refractivity contribution >= 4 is 11.9 Å². The third-order valence-electron chi connectivity index (χ3n) is 5.98. The van der Waals surface area contributed by atoms with Crippen LogP contribution in [0.2, 0.25) is 0 Å². The fourth-order valence-electron chi connectivity index (χ4n) is 4.49. The van der Waals surface area contributed by atoms with E-state index in [1.54, 1.807) is 4.68 Å². The van der Waals surface area contributed by atoms with Gasteiger partial charge in [-0.15, -0.1) is 0 Å². The van der Waals surface area contributed by atoms with Crippen LogP contribution in [-0.4, -0.2) is 57.2 Å². The third kappa shape index (κ3) is 3.37. The van der Waals surface area contributed by atoms with Crippen LogP contribution in [0.15, 0.2) is 54.6 Å². The number of aromatic nitrogens is 4. The molecule has 0 saturated carbocycles. The second-order valence-corrected chi connectivity index (χ2v) is 7.68. The number of para-hydroxylation sites is 1. The van der Waals surface area contributed by atoms with Gasteiger partial charge in [0.1, 0.15) is 0 Å². The lowest BCUT2D eigenvalue weighted by molar-refractivity contribution is -0.132. The van der Waals surface area contributed by atoms with E-state index in [1.807, 2.05) is 41.3 Å². The average molecular weight is 388 g/mol. The number of nitrogens with zero attached hydrogens (tertiary/aromatic N) is 6. The highest BCUT2D eigenvalue weighted by atomic mass is 16.2. The van der Waals surface area contributed by atoms with E-state index in [2.05, 4.69) is 38.6 Å². The number of carbonyl (C=O) groups excluding carboxylic acids is 1. The highest BCUT2D eigenvalue weighted by molar-refractivity contribution is 5.85. The molecule has 1 aliphatic carbocycles. The molecule has 0 spiro atoms. The average Bonchev–Trinajstić information content (AvgIpc) is 3.35. The van der Waals surface area contributed by atoms with Gasteiger partial charge in [-0.1, -0.05) is 47.6 Å². The summed E-state index contributed by atoms with van der Waals surface area (Å²) in [5.74, 6) is 1.00. The molecular weight excluding hydrogens is 364 g/mol. The lowest BCUT2D eigenvalue weighted by atomic mass is 10.00. The number of hydrogen-bond acceptors (Lipinski definition) is 5. The predicted octanol–water partition coefficient (Wildman–Crippen LogP) is 2.43. The van der Waals surface area contributed by atoms with Crippen LogP contribution in [0.4, 0.5) is 5.95 Å². The summed E-state index contributed by atoms with van der Waals surface area (Å²) in [5.41, 5.74) is 3.48. The number of fused-ring (bicyclic) bond motifs is 1. The van der Waals surface area contributed by atoms with Gasteiger partial charge in [0.25, 0.3) is 0 Å². The molecule has 1 amide bonds. The molecule has 0 radical (unpaired) electrons. The van der Waals surface area contributed by atoms with Crippen molar-refractivity contribution in [3.63, 3.8) is 0 Å². The van der Waals surface area contributed by atoms with Crippen LogP contribution in [0.1, 0.15) is 29.9 Å². The van der Waals surface area contributed by atoms with Crippen molar-refractivity contribution in [2.24, 2.45) is 0 Å². The third-order valence-corrected chi connectivity index (χ3v) is 5.98. The maximum absolute atomic E-state index is 13.3. The van der Waals surface area contributed by atoms with Crippen molar-refractivity contribution in [3.05, 3.63) is 65.7 Å². The minimum Gasteiger partial charge on any atom is -0.340 e. The van der Waals surface area contributed by atoms with Gasteiger partial charge in [0.05, 0.1) is 11.6 Å². The molecule has 5 rings (SSSR count). The van der Waals surface area contributed by atoms with E-state index in [0.29, 0.717) is 6.54 Å². The van der Waals surface area contributed by atoms with Crippen LogP contribution in [0.3, 0.4) is 0 Å². The monoisotopic (exact) mass is 388 g/mol. The van der Waals surface area contributed by atoms with E-state index in [-0.39, 0.29) is 11.8 Å². The van der Waals surface area contributed by atoms with Crippen LogP contribution in [0, 0.1) is 0 Å². The van der Waals surface area contributed by atoms with Gasteiger partial charge in [-0.2, -0.15) is 4.68 Å². The molecule has 2 aromatic carbocycles. The fourth-order valence-corrected chi connectivity index (χ4v) is 4.49. The van der Waals surface area contributed by atoms with E-state index in [0.717, 1.165) is 50.5 Å². The van der Waals surface area contributed by atoms with Crippen molar-refractivity contribution in [1.29, 1.82) is 0 Å². The Hall–Kier alpha value is -3.22. The highest BCUT2D eigenvalue weighted by Crippen LogP contribution is 2.34. The summed E-state index contributed by atoms with van der Waals surface area (Å²) < 4.78 is 1.77. The summed E-state index contributed by atoms with van der Waals surface area (Å²) in [6, 6.07) is 18.3. The molecule has 1 fully saturated rings.